The van der Waals surface area contributed by atoms with E-state index in [0.29, 0.717) is 11.8 Å². The van der Waals surface area contributed by atoms with Gasteiger partial charge >= 0.3 is 0 Å². The molecule has 1 heterocycles. The highest BCUT2D eigenvalue weighted by molar-refractivity contribution is 7.26. The number of hydrogen-bond acceptors (Lipinski definition) is 2. The largest absolute Gasteiger partial charge is 0.310 e. The molecule has 7 atom stereocenters. The lowest BCUT2D eigenvalue weighted by Gasteiger charge is -2.54. The highest BCUT2D eigenvalue weighted by atomic mass is 32.1. The first kappa shape index (κ1) is 32.4. The molecule has 276 valence electrons. The van der Waals surface area contributed by atoms with E-state index >= 15 is 0 Å². The fraction of sp³-hybridized carbons (Fsp3) is 0.333. The Morgan fingerprint density at radius 2 is 1.27 bits per heavy atom. The first-order valence-corrected chi connectivity index (χ1v) is 22.7. The van der Waals surface area contributed by atoms with Crippen LogP contribution in [0.4, 0.5) is 17.1 Å². The first-order chi connectivity index (χ1) is 27.7. The van der Waals surface area contributed by atoms with E-state index in [2.05, 4.69) is 139 Å². The van der Waals surface area contributed by atoms with E-state index in [1.165, 1.54) is 124 Å². The molecule has 6 aromatic carbocycles. The predicted molar refractivity (Wildman–Crippen MR) is 236 cm³/mol. The van der Waals surface area contributed by atoms with Crippen molar-refractivity contribution in [3.05, 3.63) is 150 Å². The summed E-state index contributed by atoms with van der Waals surface area (Å²) in [4.78, 5) is 2.69. The highest BCUT2D eigenvalue weighted by Gasteiger charge is 2.58. The van der Waals surface area contributed by atoms with Crippen LogP contribution in [-0.4, -0.2) is 0 Å². The second-order valence-corrected chi connectivity index (χ2v) is 19.7. The molecular weight excluding hydrogens is 695 g/mol. The number of fused-ring (bicyclic) bond motifs is 19. The number of hydrogen-bond donors (Lipinski definition) is 0. The normalized spacial score (nSPS) is 28.9. The van der Waals surface area contributed by atoms with Gasteiger partial charge in [-0.1, -0.05) is 118 Å². The Labute approximate surface area is 335 Å². The molecule has 4 fully saturated rings. The molecule has 7 unspecified atom stereocenters. The van der Waals surface area contributed by atoms with Crippen LogP contribution in [0.1, 0.15) is 93.4 Å². The van der Waals surface area contributed by atoms with Crippen LogP contribution in [-0.2, 0) is 10.8 Å². The Morgan fingerprint density at radius 1 is 0.571 bits per heavy atom. The van der Waals surface area contributed by atoms with Crippen molar-refractivity contribution in [1.82, 2.24) is 0 Å². The molecule has 0 N–H and O–H groups in total. The fourth-order valence-corrected chi connectivity index (χ4v) is 15.7. The molecule has 0 saturated heterocycles. The number of rotatable bonds is 4. The molecule has 6 aliphatic rings. The van der Waals surface area contributed by atoms with Gasteiger partial charge in [0.2, 0.25) is 0 Å². The lowest BCUT2D eigenvalue weighted by molar-refractivity contribution is 0.0557. The average molecular weight is 744 g/mol. The van der Waals surface area contributed by atoms with Crippen molar-refractivity contribution in [1.29, 1.82) is 0 Å². The maximum atomic E-state index is 2.70. The molecule has 0 radical (unpaired) electrons. The molecular formula is C54H49NS. The van der Waals surface area contributed by atoms with Crippen molar-refractivity contribution in [2.24, 2.45) is 29.6 Å². The van der Waals surface area contributed by atoms with Crippen molar-refractivity contribution in [3.63, 3.8) is 0 Å². The molecule has 13 rings (SSSR count). The predicted octanol–water partition coefficient (Wildman–Crippen LogP) is 15.1. The molecule has 7 aromatic rings. The summed E-state index contributed by atoms with van der Waals surface area (Å²) >= 11 is 1.93. The Hall–Kier alpha value is -4.66. The molecule has 4 bridgehead atoms. The molecule has 2 spiro atoms. The van der Waals surface area contributed by atoms with Gasteiger partial charge in [0.1, 0.15) is 0 Å². The van der Waals surface area contributed by atoms with Crippen LogP contribution in [0.15, 0.2) is 127 Å². The van der Waals surface area contributed by atoms with Crippen LogP contribution in [0.5, 0.6) is 0 Å². The van der Waals surface area contributed by atoms with Crippen LogP contribution < -0.4 is 4.90 Å². The van der Waals surface area contributed by atoms with E-state index in [-0.39, 0.29) is 10.8 Å². The zero-order valence-corrected chi connectivity index (χ0v) is 33.3. The van der Waals surface area contributed by atoms with Gasteiger partial charge in [0.15, 0.2) is 0 Å². The minimum absolute atomic E-state index is 0.0765. The van der Waals surface area contributed by atoms with E-state index in [9.17, 15) is 0 Å². The molecule has 0 amide bonds. The Balaban J connectivity index is 1.08. The SMILES string of the molecule is CCC1CC2CCCC(C2)C12c1ccccc1-c1ccc(N(c3ccc4c(c3)C3(CC5CCC3C5)c3ccccc3-4)c3cccc4sc5ccccc5c34)cc12. The zero-order chi connectivity index (χ0) is 36.8. The lowest BCUT2D eigenvalue weighted by Crippen LogP contribution is -2.48. The van der Waals surface area contributed by atoms with Crippen LogP contribution in [0.3, 0.4) is 0 Å². The van der Waals surface area contributed by atoms with Crippen molar-refractivity contribution >= 4 is 48.6 Å². The standard InChI is InChI=1S/C54H49NS/c1-2-35-27-33-11-9-12-37(28-33)54(35)46-17-7-4-14-41(46)43-26-24-39(31-48(43)54)55(49-18-10-20-51-52(49)44-15-5-8-19-50(44)56-51)38-23-25-42-40-13-3-6-16-45(40)53(47(42)30-38)32-34-21-22-36(53)29-34/h3-8,10,13-20,23-26,30-31,33-37H,2,9,11-12,21-22,27-29,32H2,1H3. The second-order valence-electron chi connectivity index (χ2n) is 18.6. The first-order valence-electron chi connectivity index (χ1n) is 21.9. The molecule has 1 nitrogen and oxygen atoms in total. The van der Waals surface area contributed by atoms with E-state index in [1.807, 2.05) is 11.3 Å². The second kappa shape index (κ2) is 11.7. The Kier molecular flexibility index (Phi) is 6.78. The fourth-order valence-electron chi connectivity index (χ4n) is 14.6. The van der Waals surface area contributed by atoms with Crippen molar-refractivity contribution in [3.8, 4) is 22.3 Å². The quantitative estimate of drug-likeness (QED) is 0.174. The third-order valence-electron chi connectivity index (χ3n) is 16.5. The number of benzene rings is 6. The van der Waals surface area contributed by atoms with E-state index < -0.39 is 0 Å². The zero-order valence-electron chi connectivity index (χ0n) is 32.4. The molecule has 0 aliphatic heterocycles. The number of thiophene rings is 1. The topological polar surface area (TPSA) is 3.24 Å². The summed E-state index contributed by atoms with van der Waals surface area (Å²) in [7, 11) is 0. The summed E-state index contributed by atoms with van der Waals surface area (Å²) < 4.78 is 2.73. The third-order valence-corrected chi connectivity index (χ3v) is 17.6. The average Bonchev–Trinajstić information content (AvgIpc) is 4.07. The van der Waals surface area contributed by atoms with Gasteiger partial charge < -0.3 is 4.90 Å². The number of nitrogens with zero attached hydrogens (tertiary/aromatic N) is 1. The van der Waals surface area contributed by atoms with Crippen LogP contribution >= 0.6 is 11.3 Å². The van der Waals surface area contributed by atoms with E-state index in [4.69, 9.17) is 0 Å². The van der Waals surface area contributed by atoms with Gasteiger partial charge in [-0.25, -0.2) is 0 Å². The lowest BCUT2D eigenvalue weighted by atomic mass is 9.50. The van der Waals surface area contributed by atoms with Crippen LogP contribution in [0.2, 0.25) is 0 Å². The Bertz CT molecular complexity index is 2750. The van der Waals surface area contributed by atoms with E-state index in [1.54, 1.807) is 22.3 Å². The maximum absolute atomic E-state index is 2.70. The number of anilines is 3. The molecule has 4 saturated carbocycles. The third kappa shape index (κ3) is 4.07. The minimum atomic E-state index is 0.0765. The van der Waals surface area contributed by atoms with Crippen LogP contribution in [0, 0.1) is 29.6 Å². The monoisotopic (exact) mass is 743 g/mol. The van der Waals surface area contributed by atoms with Crippen molar-refractivity contribution in [2.45, 2.75) is 82.0 Å². The minimum Gasteiger partial charge on any atom is -0.310 e. The van der Waals surface area contributed by atoms with Crippen molar-refractivity contribution in [2.75, 3.05) is 4.90 Å². The smallest absolute Gasteiger partial charge is 0.0554 e. The van der Waals surface area contributed by atoms with Gasteiger partial charge in [0, 0.05) is 42.4 Å². The summed E-state index contributed by atoms with van der Waals surface area (Å²) in [6.07, 6.45) is 13.6. The molecule has 1 aromatic heterocycles. The summed E-state index contributed by atoms with van der Waals surface area (Å²) in [5.41, 5.74) is 16.5. The molecule has 6 aliphatic carbocycles. The van der Waals surface area contributed by atoms with Gasteiger partial charge in [0.05, 0.1) is 5.69 Å². The van der Waals surface area contributed by atoms with Gasteiger partial charge in [-0.3, -0.25) is 0 Å². The van der Waals surface area contributed by atoms with Gasteiger partial charge in [-0.2, -0.15) is 0 Å². The maximum Gasteiger partial charge on any atom is 0.0554 e. The van der Waals surface area contributed by atoms with E-state index in [0.717, 1.165) is 17.8 Å². The summed E-state index contributed by atoms with van der Waals surface area (Å²) in [6.45, 7) is 2.49. The molecule has 56 heavy (non-hydrogen) atoms. The molecule has 2 heteroatoms. The Morgan fingerprint density at radius 3 is 2.07 bits per heavy atom. The van der Waals surface area contributed by atoms with Gasteiger partial charge in [-0.15, -0.1) is 11.3 Å². The summed E-state index contributed by atoms with van der Waals surface area (Å²) in [5.74, 6) is 3.83. The highest BCUT2D eigenvalue weighted by Crippen LogP contribution is 2.67. The van der Waals surface area contributed by atoms with Crippen molar-refractivity contribution < 1.29 is 0 Å². The van der Waals surface area contributed by atoms with Crippen LogP contribution in [0.25, 0.3) is 42.4 Å². The van der Waals surface area contributed by atoms with Gasteiger partial charge in [0.25, 0.3) is 0 Å². The van der Waals surface area contributed by atoms with Gasteiger partial charge in [-0.05, 0) is 155 Å². The summed E-state index contributed by atoms with van der Waals surface area (Å²) in [6, 6.07) is 50.5. The summed E-state index contributed by atoms with van der Waals surface area (Å²) in [5, 5.41) is 2.74.